The zero-order valence-corrected chi connectivity index (χ0v) is 19.0. The number of imide groups is 1. The van der Waals surface area contributed by atoms with Gasteiger partial charge in [0.15, 0.2) is 17.3 Å². The van der Waals surface area contributed by atoms with Crippen LogP contribution < -0.4 is 4.74 Å². The molecule has 1 aliphatic carbocycles. The summed E-state index contributed by atoms with van der Waals surface area (Å²) in [6.45, 7) is 1.93. The second-order valence-electron chi connectivity index (χ2n) is 8.33. The normalized spacial score (nSPS) is 35.5. The number of rotatable bonds is 5. The molecule has 4 rings (SSSR count). The number of phenolic OH excluding ortho intramolecular Hbond substituents is 1. The molecule has 0 spiro atoms. The zero-order chi connectivity index (χ0) is 21.8. The van der Waals surface area contributed by atoms with Crippen LogP contribution in [-0.4, -0.2) is 58.1 Å². The van der Waals surface area contributed by atoms with Crippen LogP contribution in [0.15, 0.2) is 12.1 Å². The Bertz CT molecular complexity index is 877. The molecule has 1 aromatic carbocycles. The Balaban J connectivity index is 1.71. The van der Waals surface area contributed by atoms with E-state index in [9.17, 15) is 24.9 Å². The van der Waals surface area contributed by atoms with Crippen molar-refractivity contribution in [3.63, 3.8) is 0 Å². The highest BCUT2D eigenvalue weighted by atomic mass is 127. The van der Waals surface area contributed by atoms with Crippen molar-refractivity contribution in [3.05, 3.63) is 21.3 Å². The van der Waals surface area contributed by atoms with Gasteiger partial charge in [0, 0.05) is 18.4 Å². The number of likely N-dealkylation sites (tertiary alicyclic amines) is 1. The maximum atomic E-state index is 13.1. The SMILES string of the molecule is CCCN1C(=O)[C@H]2[C@H](C[C@H](CO)[C@@]3(O)O[C@H](c4cc(I)c(O)c(OC)c4)C[C@@H]23)C1=O. The topological polar surface area (TPSA) is 117 Å². The third kappa shape index (κ3) is 3.12. The van der Waals surface area contributed by atoms with Crippen LogP contribution in [0, 0.1) is 27.2 Å². The minimum absolute atomic E-state index is 0.0241. The molecule has 1 aromatic rings. The largest absolute Gasteiger partial charge is 0.504 e. The fraction of sp³-hybridized carbons (Fsp3) is 0.619. The second kappa shape index (κ2) is 7.92. The number of amides is 2. The van der Waals surface area contributed by atoms with E-state index in [0.717, 1.165) is 0 Å². The molecule has 3 N–H and O–H groups in total. The summed E-state index contributed by atoms with van der Waals surface area (Å²) in [5.74, 6) is -4.31. The van der Waals surface area contributed by atoms with Crippen molar-refractivity contribution in [2.45, 2.75) is 38.1 Å². The number of hydrogen-bond acceptors (Lipinski definition) is 7. The van der Waals surface area contributed by atoms with Gasteiger partial charge in [0.05, 0.1) is 35.2 Å². The van der Waals surface area contributed by atoms with Gasteiger partial charge in [-0.3, -0.25) is 14.5 Å². The van der Waals surface area contributed by atoms with Gasteiger partial charge in [-0.25, -0.2) is 0 Å². The molecule has 2 saturated heterocycles. The lowest BCUT2D eigenvalue weighted by atomic mass is 9.64. The van der Waals surface area contributed by atoms with Crippen molar-refractivity contribution >= 4 is 34.4 Å². The third-order valence-electron chi connectivity index (χ3n) is 6.77. The average Bonchev–Trinajstić information content (AvgIpc) is 3.19. The lowest BCUT2D eigenvalue weighted by molar-refractivity contribution is -0.274. The van der Waals surface area contributed by atoms with Crippen LogP contribution in [0.4, 0.5) is 0 Å². The van der Waals surface area contributed by atoms with Gasteiger partial charge >= 0.3 is 0 Å². The number of aliphatic hydroxyl groups excluding tert-OH is 1. The van der Waals surface area contributed by atoms with Gasteiger partial charge in [0.1, 0.15) is 0 Å². The lowest BCUT2D eigenvalue weighted by Crippen LogP contribution is -2.54. The highest BCUT2D eigenvalue weighted by Gasteiger charge is 2.66. The van der Waals surface area contributed by atoms with Gasteiger partial charge in [-0.05, 0) is 59.5 Å². The summed E-state index contributed by atoms with van der Waals surface area (Å²) in [6.07, 6.45) is 0.651. The van der Waals surface area contributed by atoms with E-state index < -0.39 is 35.6 Å². The average molecular weight is 531 g/mol. The van der Waals surface area contributed by atoms with Crippen molar-refractivity contribution < 1.29 is 34.4 Å². The van der Waals surface area contributed by atoms with E-state index in [-0.39, 0.29) is 30.6 Å². The number of methoxy groups -OCH3 is 1. The van der Waals surface area contributed by atoms with Crippen LogP contribution in [0.25, 0.3) is 0 Å². The Kier molecular flexibility index (Phi) is 5.75. The summed E-state index contributed by atoms with van der Waals surface area (Å²) in [5.41, 5.74) is 0.701. The second-order valence-corrected chi connectivity index (χ2v) is 9.49. The predicted molar refractivity (Wildman–Crippen MR) is 113 cm³/mol. The van der Waals surface area contributed by atoms with E-state index in [2.05, 4.69) is 0 Å². The van der Waals surface area contributed by atoms with Gasteiger partial charge in [-0.15, -0.1) is 0 Å². The van der Waals surface area contributed by atoms with Gasteiger partial charge < -0.3 is 24.8 Å². The molecule has 2 aliphatic heterocycles. The van der Waals surface area contributed by atoms with E-state index in [1.54, 1.807) is 12.1 Å². The molecule has 2 heterocycles. The molecule has 0 bridgehead atoms. The molecule has 3 fully saturated rings. The van der Waals surface area contributed by atoms with Gasteiger partial charge in [0.2, 0.25) is 11.8 Å². The summed E-state index contributed by atoms with van der Waals surface area (Å²) >= 11 is 1.99. The molecule has 164 valence electrons. The van der Waals surface area contributed by atoms with Crippen LogP contribution in [0.5, 0.6) is 11.5 Å². The first-order chi connectivity index (χ1) is 14.3. The van der Waals surface area contributed by atoms with Crippen LogP contribution in [0.2, 0.25) is 0 Å². The first kappa shape index (κ1) is 21.8. The summed E-state index contributed by atoms with van der Waals surface area (Å²) < 4.78 is 11.9. The summed E-state index contributed by atoms with van der Waals surface area (Å²) in [6, 6.07) is 3.40. The minimum atomic E-state index is -1.70. The molecular weight excluding hydrogens is 505 g/mol. The van der Waals surface area contributed by atoms with Crippen LogP contribution >= 0.6 is 22.6 Å². The molecule has 1 saturated carbocycles. The van der Waals surface area contributed by atoms with Crippen molar-refractivity contribution in [1.82, 2.24) is 4.90 Å². The molecule has 0 unspecified atom stereocenters. The maximum absolute atomic E-state index is 13.1. The van der Waals surface area contributed by atoms with Crippen molar-refractivity contribution in [1.29, 1.82) is 0 Å². The number of halogens is 1. The minimum Gasteiger partial charge on any atom is -0.504 e. The van der Waals surface area contributed by atoms with E-state index >= 15 is 0 Å². The molecule has 8 nitrogen and oxygen atoms in total. The maximum Gasteiger partial charge on any atom is 0.233 e. The van der Waals surface area contributed by atoms with Gasteiger partial charge in [-0.1, -0.05) is 6.92 Å². The Morgan fingerprint density at radius 2 is 2.03 bits per heavy atom. The number of carbonyl (C=O) groups excluding carboxylic acids is 2. The van der Waals surface area contributed by atoms with Crippen molar-refractivity contribution in [2.75, 3.05) is 20.3 Å². The number of hydrogen-bond donors (Lipinski definition) is 3. The highest BCUT2D eigenvalue weighted by Crippen LogP contribution is 2.58. The molecule has 0 radical (unpaired) electrons. The zero-order valence-electron chi connectivity index (χ0n) is 16.9. The first-order valence-corrected chi connectivity index (χ1v) is 11.3. The Morgan fingerprint density at radius 3 is 2.67 bits per heavy atom. The fourth-order valence-electron chi connectivity index (χ4n) is 5.34. The predicted octanol–water partition coefficient (Wildman–Crippen LogP) is 1.79. The third-order valence-corrected chi connectivity index (χ3v) is 7.59. The summed E-state index contributed by atoms with van der Waals surface area (Å²) in [5, 5.41) is 31.6. The first-order valence-electron chi connectivity index (χ1n) is 10.2. The van der Waals surface area contributed by atoms with Crippen molar-refractivity contribution in [3.8, 4) is 11.5 Å². The Morgan fingerprint density at radius 1 is 1.30 bits per heavy atom. The summed E-state index contributed by atoms with van der Waals surface area (Å²) in [4.78, 5) is 27.3. The molecule has 6 atom stereocenters. The van der Waals surface area contributed by atoms with Crippen LogP contribution in [-0.2, 0) is 14.3 Å². The molecule has 3 aliphatic rings. The van der Waals surface area contributed by atoms with E-state index in [1.165, 1.54) is 12.0 Å². The number of carbonyl (C=O) groups is 2. The van der Waals surface area contributed by atoms with E-state index in [1.807, 2.05) is 29.5 Å². The highest BCUT2D eigenvalue weighted by molar-refractivity contribution is 14.1. The van der Waals surface area contributed by atoms with Crippen molar-refractivity contribution in [2.24, 2.45) is 23.7 Å². The number of benzene rings is 1. The molecule has 0 aromatic heterocycles. The van der Waals surface area contributed by atoms with Gasteiger partial charge in [0.25, 0.3) is 0 Å². The monoisotopic (exact) mass is 531 g/mol. The Labute approximate surface area is 188 Å². The van der Waals surface area contributed by atoms with Gasteiger partial charge in [-0.2, -0.15) is 0 Å². The number of aliphatic hydroxyl groups is 2. The number of ether oxygens (including phenoxy) is 2. The number of nitrogens with zero attached hydrogens (tertiary/aromatic N) is 1. The smallest absolute Gasteiger partial charge is 0.233 e. The van der Waals surface area contributed by atoms with E-state index in [4.69, 9.17) is 9.47 Å². The fourth-order valence-corrected chi connectivity index (χ4v) is 5.97. The standard InChI is InChI=1S/C21H26INO7/c1-3-4-23-19(26)12-7-11(9-24)21(28)13(17(12)20(23)27)8-15(30-21)10-5-14(22)18(25)16(6-10)29-2/h5-6,11-13,15,17,24-25,28H,3-4,7-9H2,1-2H3/t11-,12+,13+,15+,17+,21-/m1/s1. The quantitative estimate of drug-likeness (QED) is 0.392. The van der Waals surface area contributed by atoms with Crippen LogP contribution in [0.3, 0.4) is 0 Å². The lowest BCUT2D eigenvalue weighted by Gasteiger charge is -2.44. The van der Waals surface area contributed by atoms with Crippen LogP contribution in [0.1, 0.15) is 37.9 Å². The molecule has 30 heavy (non-hydrogen) atoms. The number of phenols is 1. The molecule has 9 heteroatoms. The Hall–Kier alpha value is -1.43. The molecule has 2 amide bonds. The number of aromatic hydroxyl groups is 1. The number of fused-ring (bicyclic) bond motifs is 3. The molecular formula is C21H26INO7. The summed E-state index contributed by atoms with van der Waals surface area (Å²) in [7, 11) is 1.45. The van der Waals surface area contributed by atoms with E-state index in [0.29, 0.717) is 34.3 Å².